The Morgan fingerprint density at radius 3 is 2.56 bits per heavy atom. The Labute approximate surface area is 106 Å². The van der Waals surface area contributed by atoms with Crippen molar-refractivity contribution in [3.05, 3.63) is 43.0 Å². The smallest absolute Gasteiger partial charge is 0.408 e. The van der Waals surface area contributed by atoms with Crippen LogP contribution < -0.4 is 4.74 Å². The van der Waals surface area contributed by atoms with Crippen molar-refractivity contribution in [1.82, 2.24) is 5.06 Å². The zero-order chi connectivity index (χ0) is 13.4. The third-order valence-electron chi connectivity index (χ3n) is 1.95. The molecule has 18 heavy (non-hydrogen) atoms. The molecular formula is C13H15NO4. The zero-order valence-electron chi connectivity index (χ0n) is 10.2. The number of para-hydroxylation sites is 1. The lowest BCUT2D eigenvalue weighted by atomic mass is 10.3. The van der Waals surface area contributed by atoms with Crippen LogP contribution >= 0.6 is 0 Å². The first-order valence-corrected chi connectivity index (χ1v) is 5.56. The van der Waals surface area contributed by atoms with Crippen LogP contribution in [0.2, 0.25) is 0 Å². The van der Waals surface area contributed by atoms with Crippen LogP contribution in [0.4, 0.5) is 4.79 Å². The molecule has 0 aromatic heterocycles. The number of hydroxylamine groups is 2. The lowest BCUT2D eigenvalue weighted by molar-refractivity contribution is -0.173. The summed E-state index contributed by atoms with van der Waals surface area (Å²) in [6, 6.07) is 8.55. The summed E-state index contributed by atoms with van der Waals surface area (Å²) in [5, 5.41) is 0.872. The van der Waals surface area contributed by atoms with Crippen molar-refractivity contribution in [1.29, 1.82) is 0 Å². The molecule has 0 N–H and O–H groups in total. The van der Waals surface area contributed by atoms with E-state index in [2.05, 4.69) is 6.58 Å². The van der Waals surface area contributed by atoms with E-state index < -0.39 is 12.1 Å². The first-order chi connectivity index (χ1) is 8.67. The monoisotopic (exact) mass is 249 g/mol. The van der Waals surface area contributed by atoms with E-state index >= 15 is 0 Å². The van der Waals surface area contributed by atoms with Crippen LogP contribution in [0.1, 0.15) is 13.3 Å². The lowest BCUT2D eigenvalue weighted by Crippen LogP contribution is -2.36. The van der Waals surface area contributed by atoms with E-state index in [9.17, 15) is 9.59 Å². The maximum atomic E-state index is 11.7. The van der Waals surface area contributed by atoms with Gasteiger partial charge in [0.15, 0.2) is 0 Å². The maximum Gasteiger partial charge on any atom is 0.448 e. The number of rotatable bonds is 4. The number of ether oxygens (including phenoxy) is 1. The molecule has 0 aliphatic carbocycles. The predicted octanol–water partition coefficient (Wildman–Crippen LogP) is 2.54. The van der Waals surface area contributed by atoms with Gasteiger partial charge in [0.2, 0.25) is 0 Å². The van der Waals surface area contributed by atoms with Crippen LogP contribution in [-0.4, -0.2) is 23.7 Å². The second-order valence-corrected chi connectivity index (χ2v) is 3.40. The van der Waals surface area contributed by atoms with Crippen LogP contribution in [0.25, 0.3) is 0 Å². The Balaban J connectivity index is 2.64. The molecule has 0 heterocycles. The summed E-state index contributed by atoms with van der Waals surface area (Å²) in [6.45, 7) is 5.37. The molecule has 0 saturated carbocycles. The summed E-state index contributed by atoms with van der Waals surface area (Å²) in [6.07, 6.45) is 0.880. The number of carbonyl (C=O) groups is 2. The van der Waals surface area contributed by atoms with Crippen molar-refractivity contribution in [2.75, 3.05) is 6.54 Å². The van der Waals surface area contributed by atoms with Gasteiger partial charge in [-0.25, -0.2) is 9.59 Å². The second kappa shape index (κ2) is 7.11. The average Bonchev–Trinajstić information content (AvgIpc) is 2.39. The quantitative estimate of drug-likeness (QED) is 0.607. The Kier molecular flexibility index (Phi) is 5.44. The third kappa shape index (κ3) is 4.29. The number of amides is 1. The van der Waals surface area contributed by atoms with Crippen molar-refractivity contribution in [2.45, 2.75) is 13.3 Å². The van der Waals surface area contributed by atoms with Crippen molar-refractivity contribution < 1.29 is 19.2 Å². The Bertz CT molecular complexity index is 416. The van der Waals surface area contributed by atoms with Gasteiger partial charge in [0.1, 0.15) is 5.75 Å². The highest BCUT2D eigenvalue weighted by Crippen LogP contribution is 2.10. The number of nitrogens with zero attached hydrogens (tertiary/aromatic N) is 1. The first kappa shape index (κ1) is 13.8. The molecule has 0 saturated heterocycles. The third-order valence-corrected chi connectivity index (χ3v) is 1.95. The molecule has 5 nitrogen and oxygen atoms in total. The van der Waals surface area contributed by atoms with Gasteiger partial charge in [-0.15, -0.1) is 5.06 Å². The Morgan fingerprint density at radius 2 is 2.00 bits per heavy atom. The Morgan fingerprint density at radius 1 is 1.33 bits per heavy atom. The molecule has 0 fully saturated rings. The maximum absolute atomic E-state index is 11.7. The number of hydrogen-bond donors (Lipinski definition) is 0. The van der Waals surface area contributed by atoms with Gasteiger partial charge in [0, 0.05) is 6.08 Å². The molecule has 96 valence electrons. The van der Waals surface area contributed by atoms with Crippen LogP contribution in [0.5, 0.6) is 5.75 Å². The fourth-order valence-electron chi connectivity index (χ4n) is 1.16. The minimum Gasteiger partial charge on any atom is -0.408 e. The number of hydrogen-bond acceptors (Lipinski definition) is 4. The molecule has 0 radical (unpaired) electrons. The van der Waals surface area contributed by atoms with Gasteiger partial charge in [0.05, 0.1) is 6.54 Å². The van der Waals surface area contributed by atoms with E-state index in [0.717, 1.165) is 11.1 Å². The summed E-state index contributed by atoms with van der Waals surface area (Å²) < 4.78 is 5.05. The summed E-state index contributed by atoms with van der Waals surface area (Å²) in [7, 11) is 0. The van der Waals surface area contributed by atoms with Crippen molar-refractivity contribution in [2.24, 2.45) is 0 Å². The standard InChI is InChI=1S/C13H15NO4/c1-3-10-14(18-12(15)4-2)13(16)17-11-8-6-5-7-9-11/h4-9H,2-3,10H2,1H3. The van der Waals surface area contributed by atoms with Gasteiger partial charge in [-0.05, 0) is 18.6 Å². The zero-order valence-corrected chi connectivity index (χ0v) is 10.2. The molecule has 0 aliphatic rings. The topological polar surface area (TPSA) is 55.8 Å². The van der Waals surface area contributed by atoms with E-state index in [1.54, 1.807) is 30.3 Å². The molecular weight excluding hydrogens is 234 g/mol. The fourth-order valence-corrected chi connectivity index (χ4v) is 1.16. The van der Waals surface area contributed by atoms with Crippen LogP contribution in [0, 0.1) is 0 Å². The van der Waals surface area contributed by atoms with Crippen LogP contribution in [-0.2, 0) is 9.63 Å². The van der Waals surface area contributed by atoms with Gasteiger partial charge >= 0.3 is 12.1 Å². The highest BCUT2D eigenvalue weighted by Gasteiger charge is 2.18. The number of benzene rings is 1. The van der Waals surface area contributed by atoms with Crippen molar-refractivity contribution >= 4 is 12.1 Å². The minimum atomic E-state index is -0.738. The van der Waals surface area contributed by atoms with E-state index in [1.807, 2.05) is 6.92 Å². The molecule has 1 rings (SSSR count). The van der Waals surface area contributed by atoms with Gasteiger partial charge < -0.3 is 9.57 Å². The number of carbonyl (C=O) groups excluding carboxylic acids is 2. The van der Waals surface area contributed by atoms with E-state index in [4.69, 9.17) is 9.57 Å². The predicted molar refractivity (Wildman–Crippen MR) is 65.8 cm³/mol. The van der Waals surface area contributed by atoms with Gasteiger partial charge in [-0.1, -0.05) is 31.7 Å². The van der Waals surface area contributed by atoms with E-state index in [0.29, 0.717) is 12.2 Å². The molecule has 0 aliphatic heterocycles. The summed E-state index contributed by atoms with van der Waals surface area (Å²) in [4.78, 5) is 27.6. The molecule has 0 unspecified atom stereocenters. The highest BCUT2D eigenvalue weighted by atomic mass is 16.7. The lowest BCUT2D eigenvalue weighted by Gasteiger charge is -2.18. The van der Waals surface area contributed by atoms with Crippen molar-refractivity contribution in [3.63, 3.8) is 0 Å². The Hall–Kier alpha value is -2.30. The summed E-state index contributed by atoms with van der Waals surface area (Å²) in [5.41, 5.74) is 0. The summed E-state index contributed by atoms with van der Waals surface area (Å²) in [5.74, 6) is -0.313. The van der Waals surface area contributed by atoms with Crippen molar-refractivity contribution in [3.8, 4) is 5.75 Å². The SMILES string of the molecule is C=CC(=O)ON(CCC)C(=O)Oc1ccccc1. The van der Waals surface area contributed by atoms with E-state index in [-0.39, 0.29) is 6.54 Å². The molecule has 0 atom stereocenters. The molecule has 1 amide bonds. The largest absolute Gasteiger partial charge is 0.448 e. The summed E-state index contributed by atoms with van der Waals surface area (Å²) >= 11 is 0. The van der Waals surface area contributed by atoms with Gasteiger partial charge in [-0.2, -0.15) is 0 Å². The molecule has 0 bridgehead atoms. The minimum absolute atomic E-state index is 0.255. The molecule has 1 aromatic rings. The van der Waals surface area contributed by atoms with Crippen LogP contribution in [0.3, 0.4) is 0 Å². The highest BCUT2D eigenvalue weighted by molar-refractivity contribution is 5.82. The second-order valence-electron chi connectivity index (χ2n) is 3.40. The van der Waals surface area contributed by atoms with Crippen LogP contribution in [0.15, 0.2) is 43.0 Å². The van der Waals surface area contributed by atoms with Gasteiger partial charge in [-0.3, -0.25) is 0 Å². The molecule has 1 aromatic carbocycles. The molecule has 5 heteroatoms. The van der Waals surface area contributed by atoms with E-state index in [1.165, 1.54) is 0 Å². The van der Waals surface area contributed by atoms with Gasteiger partial charge in [0.25, 0.3) is 0 Å². The fraction of sp³-hybridized carbons (Fsp3) is 0.231. The normalized spacial score (nSPS) is 9.39. The molecule has 0 spiro atoms. The average molecular weight is 249 g/mol. The first-order valence-electron chi connectivity index (χ1n) is 5.56.